The van der Waals surface area contributed by atoms with Gasteiger partial charge in [-0.1, -0.05) is 59.1 Å². The SMILES string of the molecule is COc1cc(OC)nc(Oc2ccc(CCN)cc2)n1.COc1cc(OC)nc(Oc2ccc(CCNc3ncnc(C)c3Cl)cc2)n1.Cc1ncnc(Cl)c1Cl. The number of ether oxygens (including phenoxy) is 6. The third kappa shape index (κ3) is 14.0. The number of hydrogen-bond donors (Lipinski definition) is 2. The summed E-state index contributed by atoms with van der Waals surface area (Å²) in [5, 5.41) is 4.50. The molecule has 0 aliphatic carbocycles. The molecule has 0 unspecified atom stereocenters. The minimum atomic E-state index is 0.152. The molecule has 19 heteroatoms. The van der Waals surface area contributed by atoms with Crippen molar-refractivity contribution in [2.45, 2.75) is 26.7 Å². The van der Waals surface area contributed by atoms with E-state index in [-0.39, 0.29) is 12.0 Å². The molecule has 2 aromatic carbocycles. The van der Waals surface area contributed by atoms with Gasteiger partial charge >= 0.3 is 12.0 Å². The van der Waals surface area contributed by atoms with Crippen LogP contribution in [0.3, 0.4) is 0 Å². The van der Waals surface area contributed by atoms with Crippen LogP contribution in [0.2, 0.25) is 15.2 Å². The Labute approximate surface area is 345 Å². The maximum absolute atomic E-state index is 6.18. The van der Waals surface area contributed by atoms with Gasteiger partial charge in [0.05, 0.1) is 57.0 Å². The largest absolute Gasteiger partial charge is 0.481 e. The minimum Gasteiger partial charge on any atom is -0.481 e. The molecule has 6 aromatic rings. The van der Waals surface area contributed by atoms with Crippen molar-refractivity contribution in [2.24, 2.45) is 5.73 Å². The monoisotopic (exact) mass is 838 g/mol. The molecule has 0 saturated heterocycles. The van der Waals surface area contributed by atoms with Crippen LogP contribution in [0.1, 0.15) is 22.5 Å². The van der Waals surface area contributed by atoms with Gasteiger partial charge in [0, 0.05) is 6.54 Å². The first-order valence-electron chi connectivity index (χ1n) is 17.1. The zero-order chi connectivity index (χ0) is 41.2. The Morgan fingerprint density at radius 3 is 1.39 bits per heavy atom. The van der Waals surface area contributed by atoms with Crippen molar-refractivity contribution in [3.05, 3.63) is 111 Å². The fourth-order valence-electron chi connectivity index (χ4n) is 4.44. The highest BCUT2D eigenvalue weighted by molar-refractivity contribution is 6.41. The van der Waals surface area contributed by atoms with E-state index in [4.69, 9.17) is 69.0 Å². The number of nitrogens with zero attached hydrogens (tertiary/aromatic N) is 8. The quantitative estimate of drug-likeness (QED) is 0.102. The maximum Gasteiger partial charge on any atom is 0.328 e. The van der Waals surface area contributed by atoms with Gasteiger partial charge in [-0.15, -0.1) is 0 Å². The highest BCUT2D eigenvalue weighted by Crippen LogP contribution is 2.26. The number of benzene rings is 2. The number of rotatable bonds is 14. The highest BCUT2D eigenvalue weighted by Gasteiger charge is 2.10. The molecule has 4 aromatic heterocycles. The Hall–Kier alpha value is -5.81. The topological polar surface area (TPSA) is 197 Å². The lowest BCUT2D eigenvalue weighted by Crippen LogP contribution is -2.07. The van der Waals surface area contributed by atoms with Crippen LogP contribution in [-0.2, 0) is 12.8 Å². The zero-order valence-electron chi connectivity index (χ0n) is 32.0. The van der Waals surface area contributed by atoms with E-state index in [9.17, 15) is 0 Å². The van der Waals surface area contributed by atoms with E-state index in [0.29, 0.717) is 74.8 Å². The lowest BCUT2D eigenvalue weighted by molar-refractivity contribution is 0.347. The van der Waals surface area contributed by atoms with Crippen LogP contribution in [0.5, 0.6) is 47.0 Å². The number of aromatic nitrogens is 8. The van der Waals surface area contributed by atoms with Crippen LogP contribution >= 0.6 is 34.8 Å². The molecule has 0 bridgehead atoms. The number of halogens is 3. The third-order valence-electron chi connectivity index (χ3n) is 7.44. The average molecular weight is 840 g/mol. The summed E-state index contributed by atoms with van der Waals surface area (Å²) < 4.78 is 31.6. The molecule has 300 valence electrons. The summed E-state index contributed by atoms with van der Waals surface area (Å²) in [6, 6.07) is 18.7. The number of aryl methyl sites for hydroxylation is 2. The van der Waals surface area contributed by atoms with Gasteiger partial charge in [-0.25, -0.2) is 19.9 Å². The molecule has 0 fully saturated rings. The number of nitrogens with two attached hydrogens (primary N) is 1. The predicted molar refractivity (Wildman–Crippen MR) is 217 cm³/mol. The Morgan fingerprint density at radius 2 is 0.982 bits per heavy atom. The molecule has 3 N–H and O–H groups in total. The van der Waals surface area contributed by atoms with Gasteiger partial charge in [0.15, 0.2) is 5.15 Å². The van der Waals surface area contributed by atoms with E-state index in [1.54, 1.807) is 19.1 Å². The molecule has 0 saturated carbocycles. The van der Waals surface area contributed by atoms with Gasteiger partial charge in [-0.05, 0) is 68.6 Å². The summed E-state index contributed by atoms with van der Waals surface area (Å²) in [4.78, 5) is 32.2. The minimum absolute atomic E-state index is 0.152. The highest BCUT2D eigenvalue weighted by atomic mass is 35.5. The summed E-state index contributed by atoms with van der Waals surface area (Å²) >= 11 is 17.3. The molecule has 4 heterocycles. The molecular weight excluding hydrogens is 799 g/mol. The molecule has 0 amide bonds. The molecule has 16 nitrogen and oxygen atoms in total. The van der Waals surface area contributed by atoms with Crippen LogP contribution in [0.25, 0.3) is 0 Å². The van der Waals surface area contributed by atoms with Crippen LogP contribution in [0, 0.1) is 13.8 Å². The number of methoxy groups -OCH3 is 4. The van der Waals surface area contributed by atoms with Gasteiger partial charge in [0.2, 0.25) is 23.5 Å². The molecule has 0 aliphatic rings. The Balaban J connectivity index is 0.000000215. The van der Waals surface area contributed by atoms with Crippen LogP contribution < -0.4 is 39.5 Å². The summed E-state index contributed by atoms with van der Waals surface area (Å²) in [5.41, 5.74) is 9.25. The lowest BCUT2D eigenvalue weighted by atomic mass is 10.1. The normalized spacial score (nSPS) is 10.2. The second-order valence-corrected chi connectivity index (χ2v) is 12.5. The van der Waals surface area contributed by atoms with Crippen LogP contribution in [0.4, 0.5) is 5.82 Å². The number of hydrogen-bond acceptors (Lipinski definition) is 16. The number of anilines is 1. The van der Waals surface area contributed by atoms with Crippen LogP contribution in [0.15, 0.2) is 73.3 Å². The standard InChI is InChI=1S/C19H20ClN5O3.C14H17N3O3.C5H4Cl2N2/c1-12-17(20)18(23-11-22-12)21-9-8-13-4-6-14(7-5-13)28-19-24-15(26-2)10-16(25-19)27-3;1-18-12-9-13(19-2)17-14(16-12)20-11-5-3-10(4-6-11)7-8-15;1-3-4(6)5(7)9-2-8-3/h4-7,10-11H,8-9H2,1-3H3,(H,21,22,23);3-6,9H,7-8,15H2,1-2H3;2H,1H3. The second-order valence-electron chi connectivity index (χ2n) is 11.4. The van der Waals surface area contributed by atoms with E-state index >= 15 is 0 Å². The van der Waals surface area contributed by atoms with E-state index in [1.165, 1.54) is 41.1 Å². The first-order chi connectivity index (χ1) is 27.5. The smallest absolute Gasteiger partial charge is 0.328 e. The summed E-state index contributed by atoms with van der Waals surface area (Å²) in [7, 11) is 6.08. The van der Waals surface area contributed by atoms with E-state index in [2.05, 4.69) is 45.2 Å². The zero-order valence-corrected chi connectivity index (χ0v) is 34.3. The second kappa shape index (κ2) is 22.7. The Morgan fingerprint density at radius 1 is 0.561 bits per heavy atom. The first-order valence-corrected chi connectivity index (χ1v) is 18.2. The maximum atomic E-state index is 6.18. The molecule has 57 heavy (non-hydrogen) atoms. The van der Waals surface area contributed by atoms with Crippen molar-refractivity contribution < 1.29 is 28.4 Å². The van der Waals surface area contributed by atoms with Crippen molar-refractivity contribution in [3.63, 3.8) is 0 Å². The fourth-order valence-corrected chi connectivity index (χ4v) is 4.88. The van der Waals surface area contributed by atoms with E-state index < -0.39 is 0 Å². The van der Waals surface area contributed by atoms with Gasteiger partial charge in [-0.2, -0.15) is 19.9 Å². The van der Waals surface area contributed by atoms with Gasteiger partial charge in [-0.3, -0.25) is 0 Å². The van der Waals surface area contributed by atoms with Crippen molar-refractivity contribution in [3.8, 4) is 47.0 Å². The molecule has 0 spiro atoms. The van der Waals surface area contributed by atoms with E-state index in [1.807, 2.05) is 55.5 Å². The first kappa shape index (κ1) is 43.9. The third-order valence-corrected chi connectivity index (χ3v) is 8.73. The Bertz CT molecular complexity index is 2110. The molecular formula is C38H41Cl3N10O6. The van der Waals surface area contributed by atoms with Crippen molar-refractivity contribution in [2.75, 3.05) is 46.8 Å². The molecule has 6 rings (SSSR count). The van der Waals surface area contributed by atoms with Crippen molar-refractivity contribution in [1.29, 1.82) is 0 Å². The van der Waals surface area contributed by atoms with Crippen molar-refractivity contribution >= 4 is 40.6 Å². The summed E-state index contributed by atoms with van der Waals surface area (Å²) in [5.74, 6) is 3.38. The lowest BCUT2D eigenvalue weighted by Gasteiger charge is -2.09. The van der Waals surface area contributed by atoms with E-state index in [0.717, 1.165) is 29.7 Å². The molecule has 0 aliphatic heterocycles. The number of nitrogens with one attached hydrogen (secondary N) is 1. The van der Waals surface area contributed by atoms with Gasteiger partial charge < -0.3 is 39.5 Å². The summed E-state index contributed by atoms with van der Waals surface area (Å²) in [6.45, 7) is 4.93. The van der Waals surface area contributed by atoms with Crippen LogP contribution in [-0.4, -0.2) is 81.4 Å². The fraction of sp³-hybridized carbons (Fsp3) is 0.263. The predicted octanol–water partition coefficient (Wildman–Crippen LogP) is 7.57. The van der Waals surface area contributed by atoms with Crippen molar-refractivity contribution in [1.82, 2.24) is 39.9 Å². The van der Waals surface area contributed by atoms with Gasteiger partial charge in [0.1, 0.15) is 35.0 Å². The van der Waals surface area contributed by atoms with Gasteiger partial charge in [0.25, 0.3) is 0 Å². The Kier molecular flexibility index (Phi) is 17.5. The average Bonchev–Trinajstić information content (AvgIpc) is 3.23. The summed E-state index contributed by atoms with van der Waals surface area (Å²) in [6.07, 6.45) is 4.50. The molecule has 0 atom stereocenters. The molecule has 0 radical (unpaired) electrons.